The monoisotopic (exact) mass is 269 g/mol. The molecule has 2 aliphatic rings. The van der Waals surface area contributed by atoms with Gasteiger partial charge < -0.3 is 15.4 Å². The van der Waals surface area contributed by atoms with Gasteiger partial charge in [-0.05, 0) is 39.2 Å². The molecule has 110 valence electrons. The van der Waals surface area contributed by atoms with Gasteiger partial charge in [0, 0.05) is 25.7 Å². The lowest BCUT2D eigenvalue weighted by molar-refractivity contribution is -0.139. The van der Waals surface area contributed by atoms with Crippen molar-refractivity contribution in [2.45, 2.75) is 38.8 Å². The molecule has 2 fully saturated rings. The normalized spacial score (nSPS) is 31.2. The third kappa shape index (κ3) is 4.16. The molecule has 1 amide bonds. The van der Waals surface area contributed by atoms with Crippen molar-refractivity contribution in [1.82, 2.24) is 9.80 Å². The third-order valence-electron chi connectivity index (χ3n) is 4.24. The van der Waals surface area contributed by atoms with Crippen LogP contribution in [0.3, 0.4) is 0 Å². The smallest absolute Gasteiger partial charge is 0.236 e. The number of nitrogens with zero attached hydrogens (tertiary/aromatic N) is 2. The van der Waals surface area contributed by atoms with Crippen molar-refractivity contribution in [2.24, 2.45) is 11.7 Å². The zero-order valence-corrected chi connectivity index (χ0v) is 12.2. The number of carbonyl (C=O) groups excluding carboxylic acids is 1. The first-order chi connectivity index (χ1) is 9.06. The van der Waals surface area contributed by atoms with E-state index < -0.39 is 0 Å². The second-order valence-corrected chi connectivity index (χ2v) is 6.02. The van der Waals surface area contributed by atoms with Crippen molar-refractivity contribution in [3.8, 4) is 0 Å². The third-order valence-corrected chi connectivity index (χ3v) is 4.24. The van der Waals surface area contributed by atoms with Crippen molar-refractivity contribution in [3.05, 3.63) is 0 Å². The lowest BCUT2D eigenvalue weighted by Gasteiger charge is -2.37. The predicted molar refractivity (Wildman–Crippen MR) is 74.8 cm³/mol. The summed E-state index contributed by atoms with van der Waals surface area (Å²) < 4.78 is 5.47. The molecule has 0 aromatic heterocycles. The Morgan fingerprint density at radius 3 is 2.89 bits per heavy atom. The Labute approximate surface area is 116 Å². The Bertz CT molecular complexity index is 309. The number of likely N-dealkylation sites (tertiary alicyclic amines) is 1. The highest BCUT2D eigenvalue weighted by atomic mass is 16.5. The number of rotatable bonds is 3. The molecule has 5 heteroatoms. The van der Waals surface area contributed by atoms with Crippen LogP contribution in [0.25, 0.3) is 0 Å². The van der Waals surface area contributed by atoms with Crippen LogP contribution < -0.4 is 5.73 Å². The molecule has 0 bridgehead atoms. The Balaban J connectivity index is 1.81. The fourth-order valence-electron chi connectivity index (χ4n) is 3.00. The molecule has 0 aromatic rings. The molecule has 2 N–H and O–H groups in total. The highest BCUT2D eigenvalue weighted by Crippen LogP contribution is 2.18. The topological polar surface area (TPSA) is 58.8 Å². The summed E-state index contributed by atoms with van der Waals surface area (Å²) in [5.74, 6) is 0.769. The molecule has 2 heterocycles. The van der Waals surface area contributed by atoms with Crippen molar-refractivity contribution in [1.29, 1.82) is 0 Å². The number of piperidine rings is 1. The molecule has 3 atom stereocenters. The van der Waals surface area contributed by atoms with Crippen molar-refractivity contribution in [2.75, 3.05) is 39.3 Å². The number of carbonyl (C=O) groups is 1. The molecule has 0 radical (unpaired) electrons. The highest BCUT2D eigenvalue weighted by molar-refractivity contribution is 5.78. The Morgan fingerprint density at radius 2 is 2.21 bits per heavy atom. The molecule has 3 unspecified atom stereocenters. The molecular weight excluding hydrogens is 242 g/mol. The van der Waals surface area contributed by atoms with E-state index in [9.17, 15) is 4.79 Å². The average molecular weight is 269 g/mol. The molecule has 19 heavy (non-hydrogen) atoms. The Hall–Kier alpha value is -0.650. The van der Waals surface area contributed by atoms with Gasteiger partial charge in [-0.3, -0.25) is 9.69 Å². The minimum atomic E-state index is 0.163. The van der Waals surface area contributed by atoms with Crippen LogP contribution in [0.1, 0.15) is 26.7 Å². The summed E-state index contributed by atoms with van der Waals surface area (Å²) in [6.45, 7) is 8.73. The number of nitrogens with two attached hydrogens (primary N) is 1. The first-order valence-electron chi connectivity index (χ1n) is 7.43. The summed E-state index contributed by atoms with van der Waals surface area (Å²) in [6.07, 6.45) is 2.51. The second kappa shape index (κ2) is 6.68. The van der Waals surface area contributed by atoms with Crippen LogP contribution in [0.5, 0.6) is 0 Å². The molecule has 2 saturated heterocycles. The van der Waals surface area contributed by atoms with Gasteiger partial charge in [-0.25, -0.2) is 0 Å². The van der Waals surface area contributed by atoms with E-state index in [1.807, 2.05) is 11.8 Å². The van der Waals surface area contributed by atoms with Gasteiger partial charge in [-0.2, -0.15) is 0 Å². The number of amides is 1. The zero-order chi connectivity index (χ0) is 13.8. The standard InChI is InChI=1S/C14H27N3O2/c1-11-8-17(6-7-19-11)14(18)10-16-5-3-4-13(9-16)12(2)15/h11-13H,3-10,15H2,1-2H3. The zero-order valence-electron chi connectivity index (χ0n) is 12.2. The molecular formula is C14H27N3O2. The first-order valence-corrected chi connectivity index (χ1v) is 7.43. The van der Waals surface area contributed by atoms with E-state index in [1.54, 1.807) is 0 Å². The van der Waals surface area contributed by atoms with E-state index in [1.165, 1.54) is 6.42 Å². The summed E-state index contributed by atoms with van der Waals surface area (Å²) in [5, 5.41) is 0. The average Bonchev–Trinajstić information content (AvgIpc) is 2.39. The van der Waals surface area contributed by atoms with Crippen LogP contribution in [-0.4, -0.2) is 67.2 Å². The molecule has 5 nitrogen and oxygen atoms in total. The van der Waals surface area contributed by atoms with Gasteiger partial charge in [0.05, 0.1) is 19.3 Å². The number of hydrogen-bond acceptors (Lipinski definition) is 4. The van der Waals surface area contributed by atoms with Gasteiger partial charge in [0.1, 0.15) is 0 Å². The highest BCUT2D eigenvalue weighted by Gasteiger charge is 2.27. The fraction of sp³-hybridized carbons (Fsp3) is 0.929. The van der Waals surface area contributed by atoms with Crippen molar-refractivity contribution >= 4 is 5.91 Å². The summed E-state index contributed by atoms with van der Waals surface area (Å²) in [6, 6.07) is 0.223. The predicted octanol–water partition coefficient (Wildman–Crippen LogP) is 0.293. The van der Waals surface area contributed by atoms with E-state index in [2.05, 4.69) is 11.8 Å². The molecule has 2 aliphatic heterocycles. The molecule has 0 aromatic carbocycles. The lowest BCUT2D eigenvalue weighted by Crippen LogP contribution is -2.50. The maximum absolute atomic E-state index is 12.3. The van der Waals surface area contributed by atoms with Crippen LogP contribution in [0.4, 0.5) is 0 Å². The van der Waals surface area contributed by atoms with E-state index in [0.29, 0.717) is 19.1 Å². The van der Waals surface area contributed by atoms with Gasteiger partial charge in [0.15, 0.2) is 0 Å². The van der Waals surface area contributed by atoms with Gasteiger partial charge in [0.2, 0.25) is 5.91 Å². The van der Waals surface area contributed by atoms with Crippen LogP contribution in [0, 0.1) is 5.92 Å². The maximum atomic E-state index is 12.3. The minimum Gasteiger partial charge on any atom is -0.375 e. The molecule has 0 saturated carbocycles. The summed E-state index contributed by atoms with van der Waals surface area (Å²) in [7, 11) is 0. The molecule has 2 rings (SSSR count). The van der Waals surface area contributed by atoms with E-state index in [0.717, 1.165) is 32.6 Å². The van der Waals surface area contributed by atoms with Crippen LogP contribution >= 0.6 is 0 Å². The minimum absolute atomic E-state index is 0.163. The first kappa shape index (κ1) is 14.8. The molecule has 0 spiro atoms. The van der Waals surface area contributed by atoms with E-state index in [-0.39, 0.29) is 18.1 Å². The van der Waals surface area contributed by atoms with E-state index in [4.69, 9.17) is 10.5 Å². The molecule has 0 aliphatic carbocycles. The maximum Gasteiger partial charge on any atom is 0.236 e. The summed E-state index contributed by atoms with van der Waals surface area (Å²) >= 11 is 0. The van der Waals surface area contributed by atoms with Crippen LogP contribution in [0.15, 0.2) is 0 Å². The van der Waals surface area contributed by atoms with Crippen molar-refractivity contribution < 1.29 is 9.53 Å². The summed E-state index contributed by atoms with van der Waals surface area (Å²) in [5.41, 5.74) is 5.98. The summed E-state index contributed by atoms with van der Waals surface area (Å²) in [4.78, 5) is 16.5. The van der Waals surface area contributed by atoms with Crippen LogP contribution in [-0.2, 0) is 9.53 Å². The fourth-order valence-corrected chi connectivity index (χ4v) is 3.00. The number of hydrogen-bond donors (Lipinski definition) is 1. The quantitative estimate of drug-likeness (QED) is 0.800. The van der Waals surface area contributed by atoms with Gasteiger partial charge in [-0.1, -0.05) is 0 Å². The Morgan fingerprint density at radius 1 is 1.42 bits per heavy atom. The van der Waals surface area contributed by atoms with Crippen molar-refractivity contribution in [3.63, 3.8) is 0 Å². The second-order valence-electron chi connectivity index (χ2n) is 6.02. The number of ether oxygens (including phenoxy) is 1. The SMILES string of the molecule is CC1CN(C(=O)CN2CCCC(C(C)N)C2)CCO1. The number of morpholine rings is 1. The lowest BCUT2D eigenvalue weighted by atomic mass is 9.92. The van der Waals surface area contributed by atoms with E-state index >= 15 is 0 Å². The largest absolute Gasteiger partial charge is 0.375 e. The van der Waals surface area contributed by atoms with Gasteiger partial charge >= 0.3 is 0 Å². The van der Waals surface area contributed by atoms with Crippen LogP contribution in [0.2, 0.25) is 0 Å². The van der Waals surface area contributed by atoms with Gasteiger partial charge in [0.25, 0.3) is 0 Å². The Kier molecular flexibility index (Phi) is 5.19. The van der Waals surface area contributed by atoms with Gasteiger partial charge in [-0.15, -0.1) is 0 Å².